The van der Waals surface area contributed by atoms with E-state index in [0.717, 1.165) is 0 Å². The lowest BCUT2D eigenvalue weighted by Crippen LogP contribution is -2.15. The van der Waals surface area contributed by atoms with Crippen LogP contribution in [0.25, 0.3) is 0 Å². The van der Waals surface area contributed by atoms with Gasteiger partial charge in [0.25, 0.3) is 0 Å². The first-order valence-electron chi connectivity index (χ1n) is 4.78. The first kappa shape index (κ1) is 13.4. The van der Waals surface area contributed by atoms with E-state index >= 15 is 0 Å². The number of rotatable bonds is 3. The van der Waals surface area contributed by atoms with E-state index in [-0.39, 0.29) is 11.7 Å². The van der Waals surface area contributed by atoms with Gasteiger partial charge in [-0.15, -0.1) is 0 Å². The first-order chi connectivity index (χ1) is 7.30. The van der Waals surface area contributed by atoms with Crippen LogP contribution in [0.2, 0.25) is 0 Å². The van der Waals surface area contributed by atoms with Crippen LogP contribution >= 0.6 is 15.9 Å². The molecule has 0 amide bonds. The molecule has 1 aromatic carbocycles. The molecule has 0 fully saturated rings. The van der Waals surface area contributed by atoms with Crippen molar-refractivity contribution in [3.63, 3.8) is 0 Å². The topological polar surface area (TPSA) is 9.23 Å². The van der Waals surface area contributed by atoms with Crippen molar-refractivity contribution < 1.29 is 17.9 Å². The van der Waals surface area contributed by atoms with Crippen LogP contribution in [0.3, 0.4) is 0 Å². The summed E-state index contributed by atoms with van der Waals surface area (Å²) in [5, 5.41) is 0. The predicted octanol–water partition coefficient (Wildman–Crippen LogP) is 4.47. The van der Waals surface area contributed by atoms with Gasteiger partial charge in [0.15, 0.2) is 0 Å². The highest BCUT2D eigenvalue weighted by Gasteiger charge is 2.38. The highest BCUT2D eigenvalue weighted by molar-refractivity contribution is 9.09. The number of ether oxygens (including phenoxy) is 1. The average molecular weight is 297 g/mol. The molecule has 0 saturated carbocycles. The van der Waals surface area contributed by atoms with Crippen molar-refractivity contribution in [3.8, 4) is 5.75 Å². The fourth-order valence-corrected chi connectivity index (χ4v) is 1.48. The maximum Gasteiger partial charge on any atom is 0.405 e. The van der Waals surface area contributed by atoms with Gasteiger partial charge >= 0.3 is 6.18 Å². The van der Waals surface area contributed by atoms with Crippen molar-refractivity contribution >= 4 is 15.9 Å². The minimum atomic E-state index is -4.28. The van der Waals surface area contributed by atoms with Crippen LogP contribution < -0.4 is 4.74 Å². The van der Waals surface area contributed by atoms with E-state index in [9.17, 15) is 13.2 Å². The average Bonchev–Trinajstić information content (AvgIpc) is 2.15. The Morgan fingerprint density at radius 2 is 1.62 bits per heavy atom. The summed E-state index contributed by atoms with van der Waals surface area (Å²) in [6, 6.07) is 5.89. The SMILES string of the molecule is CC(C)Oc1ccc(C(Br)C(F)(F)F)cc1. The van der Waals surface area contributed by atoms with Gasteiger partial charge in [0.2, 0.25) is 0 Å². The number of halogens is 4. The van der Waals surface area contributed by atoms with Gasteiger partial charge in [0.05, 0.1) is 6.10 Å². The number of hydrogen-bond donors (Lipinski definition) is 0. The Morgan fingerprint density at radius 1 is 1.12 bits per heavy atom. The van der Waals surface area contributed by atoms with Gasteiger partial charge in [-0.25, -0.2) is 0 Å². The lowest BCUT2D eigenvalue weighted by atomic mass is 10.1. The largest absolute Gasteiger partial charge is 0.491 e. The molecule has 0 heterocycles. The summed E-state index contributed by atoms with van der Waals surface area (Å²) in [6.07, 6.45) is -4.27. The molecule has 1 nitrogen and oxygen atoms in total. The third-order valence-corrected chi connectivity index (χ3v) is 2.88. The van der Waals surface area contributed by atoms with E-state index in [1.807, 2.05) is 13.8 Å². The smallest absolute Gasteiger partial charge is 0.405 e. The molecular weight excluding hydrogens is 285 g/mol. The molecular formula is C11H12BrF3O. The monoisotopic (exact) mass is 296 g/mol. The second kappa shape index (κ2) is 5.08. The molecule has 0 spiro atoms. The maximum absolute atomic E-state index is 12.4. The van der Waals surface area contributed by atoms with Gasteiger partial charge in [-0.05, 0) is 31.5 Å². The van der Waals surface area contributed by atoms with Gasteiger partial charge < -0.3 is 4.74 Å². The quantitative estimate of drug-likeness (QED) is 0.748. The Hall–Kier alpha value is -0.710. The standard InChI is InChI=1S/C11H12BrF3O/c1-7(2)16-9-5-3-8(4-6-9)10(12)11(13,14)15/h3-7,10H,1-2H3. The molecule has 0 aliphatic rings. The summed E-state index contributed by atoms with van der Waals surface area (Å²) in [4.78, 5) is -1.63. The summed E-state index contributed by atoms with van der Waals surface area (Å²) in [7, 11) is 0. The molecule has 1 aromatic rings. The molecule has 0 aliphatic heterocycles. The van der Waals surface area contributed by atoms with E-state index in [2.05, 4.69) is 15.9 Å². The van der Waals surface area contributed by atoms with Crippen LogP contribution in [0.4, 0.5) is 13.2 Å². The lowest BCUT2D eigenvalue weighted by Gasteiger charge is -2.15. The van der Waals surface area contributed by atoms with E-state index in [1.54, 1.807) is 0 Å². The Labute approximate surface area is 101 Å². The molecule has 0 aliphatic carbocycles. The summed E-state index contributed by atoms with van der Waals surface area (Å²) < 4.78 is 42.4. The van der Waals surface area contributed by atoms with Crippen LogP contribution in [0.1, 0.15) is 24.2 Å². The predicted molar refractivity (Wildman–Crippen MR) is 59.9 cm³/mol. The number of alkyl halides is 4. The molecule has 1 unspecified atom stereocenters. The van der Waals surface area contributed by atoms with Crippen LogP contribution in [0.15, 0.2) is 24.3 Å². The molecule has 0 radical (unpaired) electrons. The zero-order chi connectivity index (χ0) is 12.3. The van der Waals surface area contributed by atoms with Crippen molar-refractivity contribution in [1.82, 2.24) is 0 Å². The molecule has 0 N–H and O–H groups in total. The zero-order valence-corrected chi connectivity index (χ0v) is 10.5. The van der Waals surface area contributed by atoms with Crippen molar-refractivity contribution in [2.75, 3.05) is 0 Å². The molecule has 0 bridgehead atoms. The summed E-state index contributed by atoms with van der Waals surface area (Å²) in [5.41, 5.74) is 0.170. The second-order valence-electron chi connectivity index (χ2n) is 3.64. The Bertz CT molecular complexity index is 332. The van der Waals surface area contributed by atoms with E-state index in [0.29, 0.717) is 5.75 Å². The Morgan fingerprint density at radius 3 is 2.00 bits per heavy atom. The van der Waals surface area contributed by atoms with E-state index in [1.165, 1.54) is 24.3 Å². The summed E-state index contributed by atoms with van der Waals surface area (Å²) >= 11 is 2.62. The lowest BCUT2D eigenvalue weighted by molar-refractivity contribution is -0.128. The maximum atomic E-state index is 12.4. The van der Waals surface area contributed by atoms with Gasteiger partial charge in [-0.1, -0.05) is 28.1 Å². The Balaban J connectivity index is 2.79. The van der Waals surface area contributed by atoms with Crippen LogP contribution in [0, 0.1) is 0 Å². The van der Waals surface area contributed by atoms with Gasteiger partial charge in [0.1, 0.15) is 10.6 Å². The van der Waals surface area contributed by atoms with E-state index in [4.69, 9.17) is 4.74 Å². The van der Waals surface area contributed by atoms with Gasteiger partial charge in [-0.3, -0.25) is 0 Å². The van der Waals surface area contributed by atoms with Crippen molar-refractivity contribution in [2.24, 2.45) is 0 Å². The number of hydrogen-bond acceptors (Lipinski definition) is 1. The van der Waals surface area contributed by atoms with Crippen molar-refractivity contribution in [3.05, 3.63) is 29.8 Å². The summed E-state index contributed by atoms with van der Waals surface area (Å²) in [5.74, 6) is 0.570. The first-order valence-corrected chi connectivity index (χ1v) is 5.69. The summed E-state index contributed by atoms with van der Waals surface area (Å²) in [6.45, 7) is 3.72. The molecule has 1 rings (SSSR count). The molecule has 0 aromatic heterocycles. The van der Waals surface area contributed by atoms with E-state index < -0.39 is 11.0 Å². The van der Waals surface area contributed by atoms with Crippen LogP contribution in [-0.4, -0.2) is 12.3 Å². The molecule has 5 heteroatoms. The Kier molecular flexibility index (Phi) is 4.24. The molecule has 90 valence electrons. The highest BCUT2D eigenvalue weighted by Crippen LogP contribution is 2.39. The minimum Gasteiger partial charge on any atom is -0.491 e. The van der Waals surface area contributed by atoms with Gasteiger partial charge in [-0.2, -0.15) is 13.2 Å². The zero-order valence-electron chi connectivity index (χ0n) is 8.88. The normalized spacial score (nSPS) is 13.9. The molecule has 0 saturated heterocycles. The van der Waals surface area contributed by atoms with Crippen molar-refractivity contribution in [1.29, 1.82) is 0 Å². The molecule has 16 heavy (non-hydrogen) atoms. The molecule has 1 atom stereocenters. The van der Waals surface area contributed by atoms with Crippen molar-refractivity contribution in [2.45, 2.75) is 31.0 Å². The van der Waals surface area contributed by atoms with Gasteiger partial charge in [0, 0.05) is 0 Å². The number of benzene rings is 1. The van der Waals surface area contributed by atoms with Crippen LogP contribution in [-0.2, 0) is 0 Å². The van der Waals surface area contributed by atoms with Crippen LogP contribution in [0.5, 0.6) is 5.75 Å². The third kappa shape index (κ3) is 3.70. The fourth-order valence-electron chi connectivity index (χ4n) is 1.18. The fraction of sp³-hybridized carbons (Fsp3) is 0.455. The minimum absolute atomic E-state index is 0.00762. The second-order valence-corrected chi connectivity index (χ2v) is 4.56. The highest BCUT2D eigenvalue weighted by atomic mass is 79.9. The third-order valence-electron chi connectivity index (χ3n) is 1.83.